The molecule has 2 N–H and O–H groups in total. The van der Waals surface area contributed by atoms with Crippen LogP contribution in [0.15, 0.2) is 48.5 Å². The number of rotatable bonds is 6. The minimum atomic E-state index is -0.589. The summed E-state index contributed by atoms with van der Waals surface area (Å²) in [7, 11) is 0. The predicted molar refractivity (Wildman–Crippen MR) is 82.6 cm³/mol. The number of ether oxygens (including phenoxy) is 1. The molecule has 0 saturated carbocycles. The Bertz CT molecular complexity index is 560. The number of anilines is 1. The zero-order valence-corrected chi connectivity index (χ0v) is 12.1. The number of halogens is 1. The average molecular weight is 292 g/mol. The van der Waals surface area contributed by atoms with E-state index in [2.05, 4.69) is 5.32 Å². The van der Waals surface area contributed by atoms with Gasteiger partial charge in [0.1, 0.15) is 18.5 Å². The van der Waals surface area contributed by atoms with Crippen molar-refractivity contribution in [2.75, 3.05) is 18.5 Å². The Morgan fingerprint density at radius 1 is 1.20 bits per heavy atom. The molecule has 0 heterocycles. The van der Waals surface area contributed by atoms with Crippen LogP contribution in [0.2, 0.25) is 5.02 Å². The number of hydrogen-bond acceptors (Lipinski definition) is 3. The molecule has 0 aliphatic rings. The number of para-hydroxylation sites is 1. The molecule has 2 aromatic rings. The van der Waals surface area contributed by atoms with Crippen molar-refractivity contribution >= 4 is 17.3 Å². The molecule has 1 unspecified atom stereocenters. The molecular weight excluding hydrogens is 274 g/mol. The summed E-state index contributed by atoms with van der Waals surface area (Å²) in [6.45, 7) is 2.64. The fourth-order valence-corrected chi connectivity index (χ4v) is 1.99. The first-order valence-electron chi connectivity index (χ1n) is 6.51. The van der Waals surface area contributed by atoms with Crippen molar-refractivity contribution in [2.45, 2.75) is 13.0 Å². The highest BCUT2D eigenvalue weighted by atomic mass is 35.5. The molecule has 0 aromatic heterocycles. The molecule has 0 saturated heterocycles. The van der Waals surface area contributed by atoms with Gasteiger partial charge in [-0.25, -0.2) is 0 Å². The Hall–Kier alpha value is -1.71. The van der Waals surface area contributed by atoms with Gasteiger partial charge in [-0.05, 0) is 36.8 Å². The van der Waals surface area contributed by atoms with Crippen LogP contribution in [0.1, 0.15) is 5.56 Å². The van der Waals surface area contributed by atoms with E-state index < -0.39 is 6.10 Å². The normalized spacial score (nSPS) is 11.9. The highest BCUT2D eigenvalue weighted by Gasteiger charge is 2.06. The second-order valence-electron chi connectivity index (χ2n) is 4.62. The van der Waals surface area contributed by atoms with Crippen LogP contribution in [0.5, 0.6) is 5.75 Å². The SMILES string of the molecule is Cc1ccccc1OCC(O)CNc1cccc(Cl)c1. The van der Waals surface area contributed by atoms with Crippen molar-refractivity contribution < 1.29 is 9.84 Å². The van der Waals surface area contributed by atoms with Gasteiger partial charge in [0.15, 0.2) is 0 Å². The standard InChI is InChI=1S/C16H18ClNO2/c1-12-5-2-3-8-16(12)20-11-15(19)10-18-14-7-4-6-13(17)9-14/h2-9,15,18-19H,10-11H2,1H3. The number of aliphatic hydroxyl groups is 1. The molecular formula is C16H18ClNO2. The highest BCUT2D eigenvalue weighted by molar-refractivity contribution is 6.30. The highest BCUT2D eigenvalue weighted by Crippen LogP contribution is 2.17. The van der Waals surface area contributed by atoms with E-state index in [-0.39, 0.29) is 6.61 Å². The third-order valence-corrected chi connectivity index (χ3v) is 3.13. The molecule has 4 heteroatoms. The Morgan fingerprint density at radius 2 is 2.00 bits per heavy atom. The largest absolute Gasteiger partial charge is 0.491 e. The number of benzene rings is 2. The Kier molecular flexibility index (Phi) is 5.27. The molecule has 0 amide bonds. The van der Waals surface area contributed by atoms with Crippen molar-refractivity contribution in [1.82, 2.24) is 0 Å². The average Bonchev–Trinajstić information content (AvgIpc) is 2.44. The van der Waals surface area contributed by atoms with Gasteiger partial charge < -0.3 is 15.2 Å². The molecule has 3 nitrogen and oxygen atoms in total. The minimum Gasteiger partial charge on any atom is -0.491 e. The van der Waals surface area contributed by atoms with Crippen molar-refractivity contribution in [3.05, 3.63) is 59.1 Å². The monoisotopic (exact) mass is 291 g/mol. The second kappa shape index (κ2) is 7.17. The van der Waals surface area contributed by atoms with Gasteiger partial charge in [0, 0.05) is 17.3 Å². The van der Waals surface area contributed by atoms with E-state index in [1.54, 1.807) is 0 Å². The summed E-state index contributed by atoms with van der Waals surface area (Å²) in [6, 6.07) is 15.1. The summed E-state index contributed by atoms with van der Waals surface area (Å²) in [5, 5.41) is 13.7. The number of aliphatic hydroxyl groups excluding tert-OH is 1. The van der Waals surface area contributed by atoms with Crippen LogP contribution in [-0.2, 0) is 0 Å². The molecule has 0 aliphatic heterocycles. The van der Waals surface area contributed by atoms with E-state index >= 15 is 0 Å². The van der Waals surface area contributed by atoms with Crippen LogP contribution in [0.25, 0.3) is 0 Å². The van der Waals surface area contributed by atoms with Gasteiger partial charge in [0.25, 0.3) is 0 Å². The van der Waals surface area contributed by atoms with E-state index in [9.17, 15) is 5.11 Å². The molecule has 0 bridgehead atoms. The van der Waals surface area contributed by atoms with Gasteiger partial charge in [-0.2, -0.15) is 0 Å². The quantitative estimate of drug-likeness (QED) is 0.856. The second-order valence-corrected chi connectivity index (χ2v) is 5.06. The zero-order valence-electron chi connectivity index (χ0n) is 11.3. The maximum atomic E-state index is 9.91. The van der Waals surface area contributed by atoms with E-state index in [1.807, 2.05) is 55.5 Å². The van der Waals surface area contributed by atoms with Crippen molar-refractivity contribution in [2.24, 2.45) is 0 Å². The fourth-order valence-electron chi connectivity index (χ4n) is 1.80. The van der Waals surface area contributed by atoms with Crippen LogP contribution in [0.4, 0.5) is 5.69 Å². The van der Waals surface area contributed by atoms with Crippen LogP contribution >= 0.6 is 11.6 Å². The van der Waals surface area contributed by atoms with Gasteiger partial charge in [-0.1, -0.05) is 35.9 Å². The zero-order chi connectivity index (χ0) is 14.4. The number of hydrogen-bond donors (Lipinski definition) is 2. The van der Waals surface area contributed by atoms with Crippen molar-refractivity contribution in [1.29, 1.82) is 0 Å². The first-order valence-corrected chi connectivity index (χ1v) is 6.89. The Balaban J connectivity index is 1.78. The summed E-state index contributed by atoms with van der Waals surface area (Å²) in [5.74, 6) is 0.800. The lowest BCUT2D eigenvalue weighted by Gasteiger charge is -2.15. The molecule has 0 radical (unpaired) electrons. The Morgan fingerprint density at radius 3 is 2.75 bits per heavy atom. The van der Waals surface area contributed by atoms with Crippen LogP contribution in [0.3, 0.4) is 0 Å². The minimum absolute atomic E-state index is 0.248. The maximum Gasteiger partial charge on any atom is 0.122 e. The molecule has 106 valence electrons. The van der Waals surface area contributed by atoms with E-state index in [1.165, 1.54) is 0 Å². The number of nitrogens with one attached hydrogen (secondary N) is 1. The molecule has 0 aliphatic carbocycles. The predicted octanol–water partition coefficient (Wildman–Crippen LogP) is 3.50. The Labute approximate surface area is 124 Å². The first-order chi connectivity index (χ1) is 9.65. The van der Waals surface area contributed by atoms with Gasteiger partial charge in [0.2, 0.25) is 0 Å². The van der Waals surface area contributed by atoms with E-state index in [0.29, 0.717) is 11.6 Å². The lowest BCUT2D eigenvalue weighted by atomic mass is 10.2. The van der Waals surface area contributed by atoms with Gasteiger partial charge >= 0.3 is 0 Å². The van der Waals surface area contributed by atoms with Gasteiger partial charge in [0.05, 0.1) is 0 Å². The van der Waals surface area contributed by atoms with Gasteiger partial charge in [-0.15, -0.1) is 0 Å². The molecule has 2 rings (SSSR count). The van der Waals surface area contributed by atoms with E-state index in [0.717, 1.165) is 17.0 Å². The van der Waals surface area contributed by atoms with Crippen LogP contribution in [0, 0.1) is 6.92 Å². The number of aryl methyl sites for hydroxylation is 1. The van der Waals surface area contributed by atoms with Crippen LogP contribution in [-0.4, -0.2) is 24.4 Å². The third-order valence-electron chi connectivity index (χ3n) is 2.89. The topological polar surface area (TPSA) is 41.5 Å². The van der Waals surface area contributed by atoms with E-state index in [4.69, 9.17) is 16.3 Å². The summed E-state index contributed by atoms with van der Waals surface area (Å²) < 4.78 is 5.59. The molecule has 0 fully saturated rings. The summed E-state index contributed by atoms with van der Waals surface area (Å²) in [4.78, 5) is 0. The first kappa shape index (κ1) is 14.7. The lowest BCUT2D eigenvalue weighted by molar-refractivity contribution is 0.117. The molecule has 20 heavy (non-hydrogen) atoms. The van der Waals surface area contributed by atoms with Crippen LogP contribution < -0.4 is 10.1 Å². The summed E-state index contributed by atoms with van der Waals surface area (Å²) in [5.41, 5.74) is 1.94. The molecule has 0 spiro atoms. The fraction of sp³-hybridized carbons (Fsp3) is 0.250. The van der Waals surface area contributed by atoms with Gasteiger partial charge in [-0.3, -0.25) is 0 Å². The van der Waals surface area contributed by atoms with Crippen molar-refractivity contribution in [3.8, 4) is 5.75 Å². The summed E-state index contributed by atoms with van der Waals surface area (Å²) in [6.07, 6.45) is -0.589. The molecule has 1 atom stereocenters. The smallest absolute Gasteiger partial charge is 0.122 e. The summed E-state index contributed by atoms with van der Waals surface area (Å²) >= 11 is 5.89. The molecule has 2 aromatic carbocycles. The maximum absolute atomic E-state index is 9.91. The lowest BCUT2D eigenvalue weighted by Crippen LogP contribution is -2.26. The van der Waals surface area contributed by atoms with Crippen molar-refractivity contribution in [3.63, 3.8) is 0 Å². The third kappa shape index (κ3) is 4.44.